The Morgan fingerprint density at radius 3 is 2.80 bits per heavy atom. The minimum Gasteiger partial charge on any atom is -0.507 e. The van der Waals surface area contributed by atoms with Gasteiger partial charge in [-0.05, 0) is 24.5 Å². The summed E-state index contributed by atoms with van der Waals surface area (Å²) in [6.45, 7) is 1.92. The zero-order valence-electron chi connectivity index (χ0n) is 11.0. The van der Waals surface area contributed by atoms with Crippen molar-refractivity contribution in [1.82, 2.24) is 0 Å². The number of phenols is 1. The highest BCUT2D eigenvalue weighted by atomic mass is 16.3. The van der Waals surface area contributed by atoms with E-state index in [4.69, 9.17) is 4.42 Å². The molecule has 2 aromatic rings. The van der Waals surface area contributed by atoms with Crippen molar-refractivity contribution in [2.24, 2.45) is 5.92 Å². The van der Waals surface area contributed by atoms with Gasteiger partial charge in [-0.25, -0.2) is 0 Å². The smallest absolute Gasteiger partial charge is 0.188 e. The minimum absolute atomic E-state index is 0.00331. The van der Waals surface area contributed by atoms with Gasteiger partial charge < -0.3 is 14.6 Å². The summed E-state index contributed by atoms with van der Waals surface area (Å²) in [6, 6.07) is 7.93. The molecule has 1 aliphatic carbocycles. The normalized spacial score (nSPS) is 19.8. The van der Waals surface area contributed by atoms with Crippen LogP contribution in [-0.2, 0) is 6.42 Å². The molecule has 2 N–H and O–H groups in total. The lowest BCUT2D eigenvalue weighted by molar-refractivity contribution is 0.459. The Morgan fingerprint density at radius 2 is 2.05 bits per heavy atom. The van der Waals surface area contributed by atoms with Crippen LogP contribution < -0.4 is 5.43 Å². The molecule has 1 aliphatic rings. The second-order valence-corrected chi connectivity index (χ2v) is 4.98. The molecule has 20 heavy (non-hydrogen) atoms. The van der Waals surface area contributed by atoms with E-state index in [1.54, 1.807) is 18.2 Å². The molecule has 0 amide bonds. The average Bonchev–Trinajstić information content (AvgIpc) is 2.76. The maximum absolute atomic E-state index is 11.8. The highest BCUT2D eigenvalue weighted by Crippen LogP contribution is 2.40. The Kier molecular flexibility index (Phi) is 2.86. The number of hydrogen-bond acceptors (Lipinski definition) is 4. The number of para-hydroxylation sites is 1. The molecule has 1 atom stereocenters. The molecule has 1 unspecified atom stereocenters. The third-order valence-corrected chi connectivity index (χ3v) is 3.64. The van der Waals surface area contributed by atoms with Crippen LogP contribution in [0.1, 0.15) is 23.8 Å². The summed E-state index contributed by atoms with van der Waals surface area (Å²) in [7, 11) is 0. The van der Waals surface area contributed by atoms with Gasteiger partial charge in [0.25, 0.3) is 0 Å². The monoisotopic (exact) mass is 270 g/mol. The van der Waals surface area contributed by atoms with E-state index in [-0.39, 0.29) is 22.9 Å². The number of aliphatic hydroxyl groups excluding tert-OH is 1. The van der Waals surface area contributed by atoms with E-state index in [2.05, 4.69) is 0 Å². The molecule has 102 valence electrons. The van der Waals surface area contributed by atoms with Crippen molar-refractivity contribution in [3.63, 3.8) is 0 Å². The molecule has 1 heterocycles. The summed E-state index contributed by atoms with van der Waals surface area (Å²) in [6.07, 6.45) is 1.86. The van der Waals surface area contributed by atoms with Crippen LogP contribution in [0.3, 0.4) is 0 Å². The topological polar surface area (TPSA) is 70.7 Å². The first-order valence-corrected chi connectivity index (χ1v) is 6.42. The van der Waals surface area contributed by atoms with Gasteiger partial charge in [-0.15, -0.1) is 0 Å². The number of phenolic OH excluding ortho intramolecular Hbond substituents is 1. The zero-order valence-corrected chi connectivity index (χ0v) is 11.0. The summed E-state index contributed by atoms with van der Waals surface area (Å²) in [5, 5.41) is 20.3. The molecule has 0 spiro atoms. The number of fused-ring (bicyclic) bond motifs is 1. The van der Waals surface area contributed by atoms with Gasteiger partial charge in [0, 0.05) is 17.2 Å². The van der Waals surface area contributed by atoms with E-state index < -0.39 is 0 Å². The fourth-order valence-electron chi connectivity index (χ4n) is 2.66. The molecule has 0 bridgehead atoms. The van der Waals surface area contributed by atoms with Crippen LogP contribution in [0.5, 0.6) is 5.75 Å². The summed E-state index contributed by atoms with van der Waals surface area (Å²) in [5.41, 5.74) is 1.41. The summed E-state index contributed by atoms with van der Waals surface area (Å²) in [4.78, 5) is 11.8. The van der Waals surface area contributed by atoms with Crippen LogP contribution in [0.25, 0.3) is 11.3 Å². The molecule has 1 aromatic heterocycles. The van der Waals surface area contributed by atoms with E-state index in [1.165, 1.54) is 18.4 Å². The number of aromatic hydroxyl groups is 1. The molecule has 3 rings (SSSR count). The lowest BCUT2D eigenvalue weighted by atomic mass is 9.99. The number of benzene rings is 1. The zero-order chi connectivity index (χ0) is 14.3. The van der Waals surface area contributed by atoms with Gasteiger partial charge in [0.15, 0.2) is 5.43 Å². The minimum atomic E-state index is -0.0850. The Morgan fingerprint density at radius 1 is 1.30 bits per heavy atom. The Bertz CT molecular complexity index is 755. The largest absolute Gasteiger partial charge is 0.507 e. The number of hydrogen-bond donors (Lipinski definition) is 2. The molecule has 0 saturated heterocycles. The Hall–Kier alpha value is -2.49. The fourth-order valence-corrected chi connectivity index (χ4v) is 2.66. The number of rotatable bonds is 1. The third-order valence-electron chi connectivity index (χ3n) is 3.64. The second kappa shape index (κ2) is 4.56. The average molecular weight is 270 g/mol. The van der Waals surface area contributed by atoms with Crippen LogP contribution >= 0.6 is 0 Å². The molecule has 4 nitrogen and oxygen atoms in total. The molecule has 0 fully saturated rings. The third kappa shape index (κ3) is 1.81. The molecule has 0 aliphatic heterocycles. The fraction of sp³-hybridized carbons (Fsp3) is 0.188. The summed E-state index contributed by atoms with van der Waals surface area (Å²) < 4.78 is 5.42. The van der Waals surface area contributed by atoms with Crippen molar-refractivity contribution in [1.29, 1.82) is 0 Å². The van der Waals surface area contributed by atoms with E-state index in [1.807, 2.05) is 6.92 Å². The summed E-state index contributed by atoms with van der Waals surface area (Å²) in [5.74, 6) is 0.342. The summed E-state index contributed by atoms with van der Waals surface area (Å²) >= 11 is 0. The van der Waals surface area contributed by atoms with Crippen LogP contribution in [0, 0.1) is 5.92 Å². The predicted octanol–water partition coefficient (Wildman–Crippen LogP) is 2.96. The first kappa shape index (κ1) is 12.5. The Balaban J connectivity index is 2.25. The van der Waals surface area contributed by atoms with Crippen molar-refractivity contribution in [2.75, 3.05) is 0 Å². The van der Waals surface area contributed by atoms with Gasteiger partial charge in [0.05, 0.1) is 11.8 Å². The van der Waals surface area contributed by atoms with Gasteiger partial charge in [-0.1, -0.05) is 19.1 Å². The lowest BCUT2D eigenvalue weighted by Crippen LogP contribution is -2.05. The lowest BCUT2D eigenvalue weighted by Gasteiger charge is -2.10. The Labute approximate surface area is 115 Å². The van der Waals surface area contributed by atoms with Crippen LogP contribution in [0.15, 0.2) is 45.8 Å². The van der Waals surface area contributed by atoms with Crippen molar-refractivity contribution >= 4 is 11.3 Å². The molecule has 0 radical (unpaired) electrons. The molecule has 0 saturated carbocycles. The first-order valence-electron chi connectivity index (χ1n) is 6.42. The second-order valence-electron chi connectivity index (χ2n) is 4.98. The maximum Gasteiger partial charge on any atom is 0.188 e. The van der Waals surface area contributed by atoms with Crippen molar-refractivity contribution in [3.8, 4) is 5.75 Å². The van der Waals surface area contributed by atoms with E-state index in [0.29, 0.717) is 28.9 Å². The standard InChI is InChI=1S/C16H14O4/c1-9-8-11-13(18)6-7-20-16(11)14(9)15(19)10-4-2-3-5-12(10)17/h2-7,9,17,19H,8H2,1H3. The van der Waals surface area contributed by atoms with Gasteiger partial charge in [0.1, 0.15) is 17.3 Å². The molecular formula is C16H14O4. The van der Waals surface area contributed by atoms with Crippen LogP contribution in [0.4, 0.5) is 0 Å². The highest BCUT2D eigenvalue weighted by Gasteiger charge is 2.31. The van der Waals surface area contributed by atoms with Crippen LogP contribution in [0.2, 0.25) is 0 Å². The van der Waals surface area contributed by atoms with Crippen molar-refractivity contribution in [2.45, 2.75) is 13.3 Å². The highest BCUT2D eigenvalue weighted by molar-refractivity contribution is 5.90. The molecule has 1 aromatic carbocycles. The first-order chi connectivity index (χ1) is 9.59. The van der Waals surface area contributed by atoms with Gasteiger partial charge in [0.2, 0.25) is 0 Å². The molecular weight excluding hydrogens is 256 g/mol. The van der Waals surface area contributed by atoms with Gasteiger partial charge in [-0.2, -0.15) is 0 Å². The predicted molar refractivity (Wildman–Crippen MR) is 75.4 cm³/mol. The van der Waals surface area contributed by atoms with E-state index >= 15 is 0 Å². The van der Waals surface area contributed by atoms with Crippen molar-refractivity contribution in [3.05, 3.63) is 63.7 Å². The number of aliphatic hydroxyl groups is 1. The van der Waals surface area contributed by atoms with Crippen LogP contribution in [-0.4, -0.2) is 10.2 Å². The maximum atomic E-state index is 11.8. The molecule has 4 heteroatoms. The van der Waals surface area contributed by atoms with E-state index in [9.17, 15) is 15.0 Å². The quantitative estimate of drug-likeness (QED) is 0.781. The van der Waals surface area contributed by atoms with Gasteiger partial charge in [-0.3, -0.25) is 4.79 Å². The van der Waals surface area contributed by atoms with E-state index in [0.717, 1.165) is 0 Å². The van der Waals surface area contributed by atoms with Gasteiger partial charge >= 0.3 is 0 Å². The SMILES string of the molecule is CC1Cc2c(occc2=O)C1=C(O)c1ccccc1O. The number of allylic oxidation sites excluding steroid dienone is 1. The van der Waals surface area contributed by atoms with Crippen molar-refractivity contribution < 1.29 is 14.6 Å².